The van der Waals surface area contributed by atoms with Gasteiger partial charge in [-0.15, -0.1) is 11.3 Å². The fraction of sp³-hybridized carbons (Fsp3) is 0.296. The van der Waals surface area contributed by atoms with Gasteiger partial charge in [0.05, 0.1) is 16.8 Å². The summed E-state index contributed by atoms with van der Waals surface area (Å²) in [6.07, 6.45) is 1.93. The van der Waals surface area contributed by atoms with E-state index in [0.717, 1.165) is 55.8 Å². The molecule has 1 amide bonds. The van der Waals surface area contributed by atoms with Crippen LogP contribution >= 0.6 is 39.0 Å². The van der Waals surface area contributed by atoms with Crippen LogP contribution in [0.4, 0.5) is 5.69 Å². The van der Waals surface area contributed by atoms with Crippen molar-refractivity contribution in [2.75, 3.05) is 11.1 Å². The first-order chi connectivity index (χ1) is 16.7. The lowest BCUT2D eigenvalue weighted by Gasteiger charge is -2.14. The molecule has 2 aromatic heterocycles. The number of hydrogen-bond acceptors (Lipinski definition) is 5. The van der Waals surface area contributed by atoms with Gasteiger partial charge < -0.3 is 5.32 Å². The van der Waals surface area contributed by atoms with E-state index in [-0.39, 0.29) is 17.2 Å². The molecular formula is C27H28BrN3O2S2. The van der Waals surface area contributed by atoms with E-state index in [1.54, 1.807) is 15.9 Å². The summed E-state index contributed by atoms with van der Waals surface area (Å²) in [5.74, 6) is 0.000208. The Balaban J connectivity index is 1.74. The average molecular weight is 571 g/mol. The minimum Gasteiger partial charge on any atom is -0.325 e. The highest BCUT2D eigenvalue weighted by molar-refractivity contribution is 9.10. The van der Waals surface area contributed by atoms with Crippen LogP contribution in [0.3, 0.4) is 0 Å². The third-order valence-corrected chi connectivity index (χ3v) is 8.73. The Bertz CT molecular complexity index is 1490. The maximum Gasteiger partial charge on any atom is 0.267 e. The molecule has 8 heteroatoms. The summed E-state index contributed by atoms with van der Waals surface area (Å²) >= 11 is 6.32. The van der Waals surface area contributed by atoms with Crippen LogP contribution in [0.2, 0.25) is 0 Å². The highest BCUT2D eigenvalue weighted by atomic mass is 79.9. The molecule has 0 atom stereocenters. The van der Waals surface area contributed by atoms with Crippen LogP contribution in [0.25, 0.3) is 15.9 Å². The van der Waals surface area contributed by atoms with E-state index in [1.807, 2.05) is 64.1 Å². The number of aromatic nitrogens is 2. The molecule has 2 aromatic carbocycles. The molecule has 5 nitrogen and oxygen atoms in total. The maximum absolute atomic E-state index is 13.8. The number of carbonyl (C=O) groups is 1. The molecule has 0 radical (unpaired) electrons. The number of thioether (sulfide) groups is 1. The minimum atomic E-state index is -0.143. The first-order valence-corrected chi connectivity index (χ1v) is 14.1. The third kappa shape index (κ3) is 5.39. The lowest BCUT2D eigenvalue weighted by molar-refractivity contribution is -0.113. The lowest BCUT2D eigenvalue weighted by atomic mass is 10.1. The monoisotopic (exact) mass is 569 g/mol. The van der Waals surface area contributed by atoms with Gasteiger partial charge in [0.15, 0.2) is 5.16 Å². The molecule has 0 aliphatic carbocycles. The SMILES string of the molecule is CCCc1sc2nc(SCC(=O)Nc3ccc(Br)cc3C)n(-c3ccc(C)c(C)c3)c(=O)c2c1C. The van der Waals surface area contributed by atoms with Crippen molar-refractivity contribution in [1.82, 2.24) is 9.55 Å². The van der Waals surface area contributed by atoms with Crippen LogP contribution in [0.15, 0.2) is 50.8 Å². The fourth-order valence-electron chi connectivity index (χ4n) is 3.95. The predicted molar refractivity (Wildman–Crippen MR) is 152 cm³/mol. The minimum absolute atomic E-state index is 0.0824. The highest BCUT2D eigenvalue weighted by Crippen LogP contribution is 2.31. The first kappa shape index (κ1) is 25.7. The van der Waals surface area contributed by atoms with Crippen molar-refractivity contribution in [1.29, 1.82) is 0 Å². The number of nitrogens with one attached hydrogen (secondary N) is 1. The lowest BCUT2D eigenvalue weighted by Crippen LogP contribution is -2.23. The molecule has 35 heavy (non-hydrogen) atoms. The summed E-state index contributed by atoms with van der Waals surface area (Å²) in [4.78, 5) is 33.4. The number of aryl methyl sites for hydroxylation is 5. The number of anilines is 1. The molecule has 4 aromatic rings. The van der Waals surface area contributed by atoms with E-state index in [9.17, 15) is 9.59 Å². The van der Waals surface area contributed by atoms with Gasteiger partial charge in [-0.1, -0.05) is 47.1 Å². The number of fused-ring (bicyclic) bond motifs is 1. The largest absolute Gasteiger partial charge is 0.325 e. The molecule has 2 heterocycles. The van der Waals surface area contributed by atoms with Crippen LogP contribution in [-0.4, -0.2) is 21.2 Å². The zero-order chi connectivity index (χ0) is 25.3. The molecule has 1 N–H and O–H groups in total. The van der Waals surface area contributed by atoms with Crippen LogP contribution in [0.5, 0.6) is 0 Å². The zero-order valence-electron chi connectivity index (χ0n) is 20.5. The van der Waals surface area contributed by atoms with Gasteiger partial charge in [0.1, 0.15) is 4.83 Å². The van der Waals surface area contributed by atoms with Crippen LogP contribution in [0, 0.1) is 27.7 Å². The number of thiophene rings is 1. The van der Waals surface area contributed by atoms with Crippen molar-refractivity contribution >= 4 is 60.8 Å². The standard InChI is InChI=1S/C27H28BrN3O2S2/c1-6-7-22-18(5)24-25(35-22)30-27(31(26(24)33)20-10-8-15(2)16(3)13-20)34-14-23(32)29-21-11-9-19(28)12-17(21)4/h8-13H,6-7,14H2,1-5H3,(H,29,32). The van der Waals surface area contributed by atoms with Gasteiger partial charge >= 0.3 is 0 Å². The van der Waals surface area contributed by atoms with Gasteiger partial charge in [-0.3, -0.25) is 14.2 Å². The van der Waals surface area contributed by atoms with Gasteiger partial charge in [0, 0.05) is 15.0 Å². The van der Waals surface area contributed by atoms with E-state index in [4.69, 9.17) is 4.98 Å². The summed E-state index contributed by atoms with van der Waals surface area (Å²) in [5, 5.41) is 4.17. The number of carbonyl (C=O) groups excluding carboxylic acids is 1. The van der Waals surface area contributed by atoms with Gasteiger partial charge in [-0.05, 0) is 86.7 Å². The molecule has 0 unspecified atom stereocenters. The Hall–Kier alpha value is -2.42. The van der Waals surface area contributed by atoms with Crippen molar-refractivity contribution in [3.63, 3.8) is 0 Å². The molecule has 0 aliphatic heterocycles. The average Bonchev–Trinajstić information content (AvgIpc) is 3.12. The molecule has 0 spiro atoms. The van der Waals surface area contributed by atoms with Crippen molar-refractivity contribution in [3.8, 4) is 5.69 Å². The van der Waals surface area contributed by atoms with Crippen molar-refractivity contribution in [3.05, 3.63) is 78.4 Å². The fourth-order valence-corrected chi connectivity index (χ4v) is 6.56. The molecule has 4 rings (SSSR count). The number of rotatable bonds is 7. The Labute approximate surface area is 222 Å². The second-order valence-corrected chi connectivity index (χ2v) is 11.6. The zero-order valence-corrected chi connectivity index (χ0v) is 23.7. The summed E-state index contributed by atoms with van der Waals surface area (Å²) in [6.45, 7) is 10.2. The molecule has 0 bridgehead atoms. The van der Waals surface area contributed by atoms with Gasteiger partial charge in [0.25, 0.3) is 5.56 Å². The predicted octanol–water partition coefficient (Wildman–Crippen LogP) is 7.13. The maximum atomic E-state index is 13.8. The Morgan fingerprint density at radius 1 is 1.09 bits per heavy atom. The number of benzene rings is 2. The molecule has 182 valence electrons. The van der Waals surface area contributed by atoms with E-state index in [1.165, 1.54) is 16.6 Å². The quantitative estimate of drug-likeness (QED) is 0.190. The van der Waals surface area contributed by atoms with Crippen molar-refractivity contribution < 1.29 is 4.79 Å². The van der Waals surface area contributed by atoms with E-state index in [0.29, 0.717) is 10.5 Å². The third-order valence-electron chi connectivity index (χ3n) is 6.05. The van der Waals surface area contributed by atoms with Crippen molar-refractivity contribution in [2.24, 2.45) is 0 Å². The summed E-state index contributed by atoms with van der Waals surface area (Å²) in [6, 6.07) is 11.7. The second kappa shape index (κ2) is 10.7. The summed E-state index contributed by atoms with van der Waals surface area (Å²) < 4.78 is 2.62. The van der Waals surface area contributed by atoms with E-state index >= 15 is 0 Å². The summed E-state index contributed by atoms with van der Waals surface area (Å²) in [5.41, 5.74) is 5.70. The van der Waals surface area contributed by atoms with E-state index in [2.05, 4.69) is 28.2 Å². The molecule has 0 aliphatic rings. The van der Waals surface area contributed by atoms with Gasteiger partial charge in [-0.2, -0.15) is 0 Å². The second-order valence-electron chi connectivity index (χ2n) is 8.68. The van der Waals surface area contributed by atoms with Crippen LogP contribution < -0.4 is 10.9 Å². The number of amides is 1. The molecule has 0 fully saturated rings. The molecule has 0 saturated carbocycles. The number of halogens is 1. The normalized spacial score (nSPS) is 11.3. The van der Waals surface area contributed by atoms with Gasteiger partial charge in [0.2, 0.25) is 5.91 Å². The van der Waals surface area contributed by atoms with Gasteiger partial charge in [-0.25, -0.2) is 4.98 Å². The molecular weight excluding hydrogens is 542 g/mol. The molecule has 0 saturated heterocycles. The number of nitrogens with zero attached hydrogens (tertiary/aromatic N) is 2. The van der Waals surface area contributed by atoms with Crippen LogP contribution in [-0.2, 0) is 11.2 Å². The van der Waals surface area contributed by atoms with E-state index < -0.39 is 0 Å². The number of hydrogen-bond donors (Lipinski definition) is 1. The Morgan fingerprint density at radius 3 is 2.54 bits per heavy atom. The summed E-state index contributed by atoms with van der Waals surface area (Å²) in [7, 11) is 0. The highest BCUT2D eigenvalue weighted by Gasteiger charge is 2.20. The first-order valence-electron chi connectivity index (χ1n) is 11.5. The Kier molecular flexibility index (Phi) is 7.83. The topological polar surface area (TPSA) is 64.0 Å². The smallest absolute Gasteiger partial charge is 0.267 e. The van der Waals surface area contributed by atoms with Crippen LogP contribution in [0.1, 0.15) is 40.5 Å². The Morgan fingerprint density at radius 2 is 1.86 bits per heavy atom. The van der Waals surface area contributed by atoms with Crippen molar-refractivity contribution in [2.45, 2.75) is 52.6 Å².